The summed E-state index contributed by atoms with van der Waals surface area (Å²) >= 11 is 0. The molecule has 0 aliphatic rings. The molecular formula is C69H56N4. The van der Waals surface area contributed by atoms with E-state index in [-0.39, 0.29) is 16.2 Å². The number of para-hydroxylation sites is 6. The predicted octanol–water partition coefficient (Wildman–Crippen LogP) is 18.4. The highest BCUT2D eigenvalue weighted by Gasteiger charge is 2.49. The van der Waals surface area contributed by atoms with Crippen molar-refractivity contribution in [2.24, 2.45) is 5.41 Å². The average molecular weight is 941 g/mol. The first kappa shape index (κ1) is 43.2. The minimum atomic E-state index is -0.188. The number of hydrogen-bond acceptors (Lipinski definition) is 0. The van der Waals surface area contributed by atoms with Crippen LogP contribution in [-0.2, 0) is 10.8 Å². The minimum Gasteiger partial charge on any atom is -0.309 e. The van der Waals surface area contributed by atoms with Crippen molar-refractivity contribution < 1.29 is 0 Å². The van der Waals surface area contributed by atoms with E-state index in [1.54, 1.807) is 0 Å². The van der Waals surface area contributed by atoms with Crippen molar-refractivity contribution >= 4 is 87.2 Å². The van der Waals surface area contributed by atoms with Crippen LogP contribution in [0.15, 0.2) is 231 Å². The van der Waals surface area contributed by atoms with Gasteiger partial charge in [0.25, 0.3) is 0 Å². The van der Waals surface area contributed by atoms with Crippen LogP contribution in [-0.4, -0.2) is 18.3 Å². The van der Waals surface area contributed by atoms with Crippen molar-refractivity contribution in [3.8, 4) is 22.7 Å². The molecular weight excluding hydrogens is 885 g/mol. The van der Waals surface area contributed by atoms with Crippen LogP contribution in [0, 0.1) is 5.41 Å². The zero-order valence-corrected chi connectivity index (χ0v) is 42.2. The second-order valence-electron chi connectivity index (χ2n) is 21.8. The van der Waals surface area contributed by atoms with Gasteiger partial charge in [0.2, 0.25) is 0 Å². The monoisotopic (exact) mass is 940 g/mol. The molecule has 4 nitrogen and oxygen atoms in total. The third-order valence-electron chi connectivity index (χ3n) is 17.8. The molecule has 4 aromatic heterocycles. The topological polar surface area (TPSA) is 19.7 Å². The first-order chi connectivity index (χ1) is 35.5. The van der Waals surface area contributed by atoms with Gasteiger partial charge >= 0.3 is 0 Å². The first-order valence-electron chi connectivity index (χ1n) is 25.8. The SMILES string of the molecule is CC(C)(c1ccc(-n2c3ccccc3c3cc(-n4c5ccccc5c5ccccc54)ccc32)cc1)C(C)(C)C(C)(C)c1ccc(-n2c3ccccc3c3cc(-n4c5ccccc5c5ccccc54)ccc32)cc1. The maximum absolute atomic E-state index is 2.46. The standard InChI is InChI=1S/C69H56N4/c1-67(2,45-31-35-47(36-32-45)70-63-29-17-11-23-55(63)57-43-49(39-41-65(57)70)72-59-25-13-7-19-51(59)52-20-8-14-26-60(52)72)69(5,6)68(3,4)46-33-37-48(38-34-46)71-64-30-18-12-24-56(64)58-44-50(40-42-66(58)71)73-61-27-15-9-21-53(61)54-22-10-16-28-62(54)73/h7-44H,1-6H3. The Hall–Kier alpha value is -8.60. The number of rotatable bonds is 8. The van der Waals surface area contributed by atoms with Crippen LogP contribution in [0.4, 0.5) is 0 Å². The second-order valence-corrected chi connectivity index (χ2v) is 21.8. The largest absolute Gasteiger partial charge is 0.309 e. The summed E-state index contributed by atoms with van der Waals surface area (Å²) in [4.78, 5) is 0. The summed E-state index contributed by atoms with van der Waals surface area (Å²) < 4.78 is 9.71. The van der Waals surface area contributed by atoms with E-state index in [0.717, 1.165) is 11.4 Å². The van der Waals surface area contributed by atoms with Crippen LogP contribution in [0.25, 0.3) is 110 Å². The van der Waals surface area contributed by atoms with Crippen LogP contribution in [0.5, 0.6) is 0 Å². The smallest absolute Gasteiger partial charge is 0.0542 e. The zero-order chi connectivity index (χ0) is 49.4. The van der Waals surface area contributed by atoms with Gasteiger partial charge in [-0.05, 0) is 124 Å². The lowest BCUT2D eigenvalue weighted by atomic mass is 9.51. The molecule has 14 aromatic rings. The fourth-order valence-corrected chi connectivity index (χ4v) is 12.7. The predicted molar refractivity (Wildman–Crippen MR) is 310 cm³/mol. The molecule has 0 unspecified atom stereocenters. The molecule has 4 heterocycles. The van der Waals surface area contributed by atoms with Crippen molar-refractivity contribution in [1.82, 2.24) is 18.3 Å². The van der Waals surface area contributed by atoms with E-state index in [1.165, 1.54) is 110 Å². The van der Waals surface area contributed by atoms with E-state index in [1.807, 2.05) is 0 Å². The molecule has 0 saturated heterocycles. The van der Waals surface area contributed by atoms with Gasteiger partial charge < -0.3 is 18.3 Å². The summed E-state index contributed by atoms with van der Waals surface area (Å²) in [6, 6.07) is 85.5. The van der Waals surface area contributed by atoms with Crippen molar-refractivity contribution in [1.29, 1.82) is 0 Å². The highest BCUT2D eigenvalue weighted by atomic mass is 15.0. The Balaban J connectivity index is 0.791. The number of aromatic nitrogens is 4. The van der Waals surface area contributed by atoms with Crippen molar-refractivity contribution in [2.75, 3.05) is 0 Å². The summed E-state index contributed by atoms with van der Waals surface area (Å²) in [5, 5.41) is 10.1. The normalized spacial score (nSPS) is 12.8. The van der Waals surface area contributed by atoms with Crippen LogP contribution in [0.1, 0.15) is 52.7 Å². The Kier molecular flexibility index (Phi) is 9.29. The highest BCUT2D eigenvalue weighted by Crippen LogP contribution is 2.54. The van der Waals surface area contributed by atoms with E-state index in [4.69, 9.17) is 0 Å². The van der Waals surface area contributed by atoms with Crippen molar-refractivity contribution in [3.05, 3.63) is 242 Å². The molecule has 0 N–H and O–H groups in total. The molecule has 0 fully saturated rings. The lowest BCUT2D eigenvalue weighted by Gasteiger charge is -2.53. The molecule has 0 radical (unpaired) electrons. The van der Waals surface area contributed by atoms with Gasteiger partial charge in [-0.2, -0.15) is 0 Å². The van der Waals surface area contributed by atoms with Gasteiger partial charge in [0, 0.05) is 65.8 Å². The maximum Gasteiger partial charge on any atom is 0.0542 e. The Morgan fingerprint density at radius 3 is 0.726 bits per heavy atom. The Morgan fingerprint density at radius 1 is 0.219 bits per heavy atom. The van der Waals surface area contributed by atoms with Crippen molar-refractivity contribution in [3.63, 3.8) is 0 Å². The van der Waals surface area contributed by atoms with E-state index in [0.29, 0.717) is 0 Å². The molecule has 0 bridgehead atoms. The Labute approximate surface area is 425 Å². The lowest BCUT2D eigenvalue weighted by Crippen LogP contribution is -2.49. The van der Waals surface area contributed by atoms with E-state index >= 15 is 0 Å². The molecule has 0 aliphatic heterocycles. The molecule has 73 heavy (non-hydrogen) atoms. The quantitative estimate of drug-likeness (QED) is 0.145. The number of nitrogens with zero attached hydrogens (tertiary/aromatic N) is 4. The molecule has 0 saturated carbocycles. The Morgan fingerprint density at radius 2 is 0.438 bits per heavy atom. The van der Waals surface area contributed by atoms with E-state index in [2.05, 4.69) is 290 Å². The second kappa shape index (κ2) is 15.7. The fraction of sp³-hybridized carbons (Fsp3) is 0.130. The van der Waals surface area contributed by atoms with E-state index < -0.39 is 0 Å². The summed E-state index contributed by atoms with van der Waals surface area (Å²) in [6.07, 6.45) is 0. The van der Waals surface area contributed by atoms with Crippen LogP contribution in [0.2, 0.25) is 0 Å². The van der Waals surface area contributed by atoms with Gasteiger partial charge in [0.05, 0.1) is 44.1 Å². The highest BCUT2D eigenvalue weighted by molar-refractivity contribution is 6.14. The number of benzene rings is 10. The fourth-order valence-electron chi connectivity index (χ4n) is 12.7. The summed E-state index contributed by atoms with van der Waals surface area (Å²) in [7, 11) is 0. The molecule has 352 valence electrons. The minimum absolute atomic E-state index is 0.158. The van der Waals surface area contributed by atoms with Crippen LogP contribution >= 0.6 is 0 Å². The zero-order valence-electron chi connectivity index (χ0n) is 42.2. The maximum atomic E-state index is 2.46. The molecule has 4 heteroatoms. The first-order valence-corrected chi connectivity index (χ1v) is 25.8. The summed E-state index contributed by atoms with van der Waals surface area (Å²) in [5.74, 6) is 0. The number of hydrogen-bond donors (Lipinski definition) is 0. The van der Waals surface area contributed by atoms with Gasteiger partial charge in [-0.25, -0.2) is 0 Å². The average Bonchev–Trinajstić information content (AvgIpc) is 4.15. The lowest BCUT2D eigenvalue weighted by molar-refractivity contribution is 0.0917. The molecule has 0 spiro atoms. The van der Waals surface area contributed by atoms with Gasteiger partial charge in [-0.1, -0.05) is 175 Å². The third kappa shape index (κ3) is 6.13. The van der Waals surface area contributed by atoms with Crippen LogP contribution in [0.3, 0.4) is 0 Å². The Bertz CT molecular complexity index is 4110. The molecule has 14 rings (SSSR count). The van der Waals surface area contributed by atoms with Crippen LogP contribution < -0.4 is 0 Å². The summed E-state index contributed by atoms with van der Waals surface area (Å²) in [6.45, 7) is 14.6. The van der Waals surface area contributed by atoms with Gasteiger partial charge in [-0.3, -0.25) is 0 Å². The third-order valence-corrected chi connectivity index (χ3v) is 17.8. The molecule has 0 atom stereocenters. The molecule has 0 amide bonds. The molecule has 0 aliphatic carbocycles. The molecule has 10 aromatic carbocycles. The summed E-state index contributed by atoms with van der Waals surface area (Å²) in [5.41, 5.74) is 16.5. The van der Waals surface area contributed by atoms with E-state index in [9.17, 15) is 0 Å². The van der Waals surface area contributed by atoms with Gasteiger partial charge in [0.1, 0.15) is 0 Å². The van der Waals surface area contributed by atoms with Gasteiger partial charge in [-0.15, -0.1) is 0 Å². The van der Waals surface area contributed by atoms with Gasteiger partial charge in [0.15, 0.2) is 0 Å². The van der Waals surface area contributed by atoms with Crippen molar-refractivity contribution in [2.45, 2.75) is 52.4 Å². The number of fused-ring (bicyclic) bond motifs is 12.